The smallest absolute Gasteiger partial charge is 0.326 e. The number of aromatic amines is 1. The maximum Gasteiger partial charge on any atom is 0.326 e. The predicted molar refractivity (Wildman–Crippen MR) is 166 cm³/mol. The third-order valence-electron chi connectivity index (χ3n) is 8.83. The van der Waals surface area contributed by atoms with E-state index in [0.29, 0.717) is 17.2 Å². The molecule has 2 aromatic heterocycles. The summed E-state index contributed by atoms with van der Waals surface area (Å²) in [7, 11) is 1.75. The van der Waals surface area contributed by atoms with Gasteiger partial charge in [0.2, 0.25) is 0 Å². The van der Waals surface area contributed by atoms with Gasteiger partial charge in [-0.3, -0.25) is 14.3 Å². The first kappa shape index (κ1) is 28.9. The third-order valence-corrected chi connectivity index (χ3v) is 8.83. The van der Waals surface area contributed by atoms with E-state index in [1.54, 1.807) is 22.6 Å². The largest absolute Gasteiger partial charge is 0.395 e. The predicted octanol–water partition coefficient (Wildman–Crippen LogP) is 2.23. The van der Waals surface area contributed by atoms with Crippen molar-refractivity contribution in [2.24, 2.45) is 0 Å². The van der Waals surface area contributed by atoms with Gasteiger partial charge in [0.05, 0.1) is 40.8 Å². The number of rotatable bonds is 8. The standard InChI is InChI=1S/C33H39FN6O3/c1-21(2)37(3)32(42)26-16-24(34)7-9-29(26)40-20-27(25-10-11-35-17-31(25)40)23-5-4-12-38(19-23)18-22-6-8-30-28(15-22)36-33(43)39(30)13-14-41/h6-10,15-17,20-21,23,35,41H,4-5,11-14,18-19H2,1-3H3,(H,36,43). The number of piperidine rings is 1. The van der Waals surface area contributed by atoms with E-state index in [-0.39, 0.29) is 30.8 Å². The van der Waals surface area contributed by atoms with Crippen LogP contribution in [0, 0.1) is 5.82 Å². The summed E-state index contributed by atoms with van der Waals surface area (Å²) >= 11 is 0. The highest BCUT2D eigenvalue weighted by molar-refractivity contribution is 5.98. The maximum absolute atomic E-state index is 14.4. The number of nitrogens with zero attached hydrogens (tertiary/aromatic N) is 4. The summed E-state index contributed by atoms with van der Waals surface area (Å²) < 4.78 is 18.0. The molecule has 1 unspecified atom stereocenters. The van der Waals surface area contributed by atoms with E-state index in [1.807, 2.05) is 36.7 Å². The number of carbonyl (C=O) groups is 1. The minimum atomic E-state index is -0.436. The second-order valence-corrected chi connectivity index (χ2v) is 11.9. The molecule has 2 aliphatic rings. The van der Waals surface area contributed by atoms with E-state index >= 15 is 0 Å². The van der Waals surface area contributed by atoms with Crippen molar-refractivity contribution >= 4 is 29.2 Å². The van der Waals surface area contributed by atoms with Crippen molar-refractivity contribution in [2.45, 2.75) is 51.7 Å². The van der Waals surface area contributed by atoms with Gasteiger partial charge in [0.15, 0.2) is 0 Å². The van der Waals surface area contributed by atoms with Crippen LogP contribution in [-0.4, -0.2) is 74.3 Å². The van der Waals surface area contributed by atoms with Crippen LogP contribution < -0.4 is 21.6 Å². The van der Waals surface area contributed by atoms with Crippen LogP contribution in [0.25, 0.3) is 29.0 Å². The van der Waals surface area contributed by atoms with Gasteiger partial charge in [0.25, 0.3) is 5.91 Å². The molecular weight excluding hydrogens is 547 g/mol. The Bertz CT molecular complexity index is 1850. The SMILES string of the molecule is CC(C)N(C)C(=O)c1cc(F)ccc1-n1cc(C2CCCN(Cc3ccc4c(c3)[nH]c(=O)n4CCO)C2)c2c1=CNCC=2. The number of halogens is 1. The summed E-state index contributed by atoms with van der Waals surface area (Å²) in [6, 6.07) is 10.5. The molecule has 0 bridgehead atoms. The van der Waals surface area contributed by atoms with Crippen molar-refractivity contribution in [1.29, 1.82) is 0 Å². The zero-order chi connectivity index (χ0) is 30.2. The summed E-state index contributed by atoms with van der Waals surface area (Å²) in [5, 5.41) is 14.8. The fourth-order valence-electron chi connectivity index (χ4n) is 6.42. The number of hydrogen-bond donors (Lipinski definition) is 3. The molecule has 10 heteroatoms. The number of likely N-dealkylation sites (tertiary alicyclic amines) is 1. The number of amides is 1. The molecule has 3 N–H and O–H groups in total. The van der Waals surface area contributed by atoms with Crippen molar-refractivity contribution in [1.82, 2.24) is 29.2 Å². The molecule has 0 saturated carbocycles. The summed E-state index contributed by atoms with van der Waals surface area (Å²) in [4.78, 5) is 32.8. The minimum absolute atomic E-state index is 0.0195. The van der Waals surface area contributed by atoms with Crippen LogP contribution in [0.4, 0.5) is 4.39 Å². The number of H-pyrrole nitrogens is 1. The summed E-state index contributed by atoms with van der Waals surface area (Å²) in [5.41, 5.74) is 4.73. The van der Waals surface area contributed by atoms with Crippen LogP contribution in [-0.2, 0) is 13.1 Å². The zero-order valence-electron chi connectivity index (χ0n) is 24.9. The number of carbonyl (C=O) groups excluding carboxylic acids is 1. The van der Waals surface area contributed by atoms with E-state index in [1.165, 1.54) is 17.7 Å². The molecule has 0 spiro atoms. The summed E-state index contributed by atoms with van der Waals surface area (Å²) in [5.74, 6) is -0.358. The number of nitrogens with one attached hydrogen (secondary N) is 2. The second kappa shape index (κ2) is 11.9. The van der Waals surface area contributed by atoms with E-state index in [0.717, 1.165) is 66.2 Å². The van der Waals surface area contributed by atoms with Gasteiger partial charge >= 0.3 is 5.69 Å². The van der Waals surface area contributed by atoms with Crippen LogP contribution in [0.5, 0.6) is 0 Å². The maximum atomic E-state index is 14.4. The van der Waals surface area contributed by atoms with E-state index < -0.39 is 5.82 Å². The van der Waals surface area contributed by atoms with Crippen molar-refractivity contribution in [3.05, 3.63) is 86.2 Å². The average molecular weight is 587 g/mol. The van der Waals surface area contributed by atoms with E-state index in [9.17, 15) is 19.1 Å². The first-order valence-corrected chi connectivity index (χ1v) is 15.0. The van der Waals surface area contributed by atoms with E-state index in [4.69, 9.17) is 0 Å². The third kappa shape index (κ3) is 5.52. The minimum Gasteiger partial charge on any atom is -0.395 e. The molecule has 4 aromatic rings. The lowest BCUT2D eigenvalue weighted by Crippen LogP contribution is -2.40. The Morgan fingerprint density at radius 2 is 2.05 bits per heavy atom. The van der Waals surface area contributed by atoms with Gasteiger partial charge in [0.1, 0.15) is 5.82 Å². The molecule has 43 heavy (non-hydrogen) atoms. The van der Waals surface area contributed by atoms with Crippen LogP contribution in [0.2, 0.25) is 0 Å². The van der Waals surface area contributed by atoms with Crippen LogP contribution >= 0.6 is 0 Å². The highest BCUT2D eigenvalue weighted by Crippen LogP contribution is 2.28. The fourth-order valence-corrected chi connectivity index (χ4v) is 6.42. The highest BCUT2D eigenvalue weighted by Gasteiger charge is 2.26. The number of aliphatic hydroxyl groups is 1. The molecule has 2 aliphatic heterocycles. The molecule has 1 fully saturated rings. The van der Waals surface area contributed by atoms with Crippen LogP contribution in [0.3, 0.4) is 0 Å². The van der Waals surface area contributed by atoms with Gasteiger partial charge in [-0.25, -0.2) is 9.18 Å². The topological polar surface area (TPSA) is 98.5 Å². The van der Waals surface area contributed by atoms with Gasteiger partial charge < -0.3 is 24.9 Å². The van der Waals surface area contributed by atoms with Gasteiger partial charge in [-0.15, -0.1) is 0 Å². The number of benzene rings is 2. The summed E-state index contributed by atoms with van der Waals surface area (Å²) in [6.07, 6.45) is 8.43. The molecule has 4 heterocycles. The Kier molecular flexibility index (Phi) is 7.98. The zero-order valence-corrected chi connectivity index (χ0v) is 24.9. The molecule has 6 rings (SSSR count). The number of aromatic nitrogens is 3. The molecule has 9 nitrogen and oxygen atoms in total. The second-order valence-electron chi connectivity index (χ2n) is 11.9. The van der Waals surface area contributed by atoms with Crippen molar-refractivity contribution < 1.29 is 14.3 Å². The van der Waals surface area contributed by atoms with Crippen molar-refractivity contribution in [3.63, 3.8) is 0 Å². The van der Waals surface area contributed by atoms with Crippen LogP contribution in [0.15, 0.2) is 47.4 Å². The van der Waals surface area contributed by atoms with Gasteiger partial charge in [-0.05, 0) is 80.6 Å². The molecule has 226 valence electrons. The first-order valence-electron chi connectivity index (χ1n) is 15.0. The van der Waals surface area contributed by atoms with Gasteiger partial charge in [-0.2, -0.15) is 0 Å². The lowest BCUT2D eigenvalue weighted by atomic mass is 9.90. The molecule has 1 saturated heterocycles. The summed E-state index contributed by atoms with van der Waals surface area (Å²) in [6.45, 7) is 7.41. The Morgan fingerprint density at radius 3 is 2.84 bits per heavy atom. The molecular formula is C33H39FN6O3. The average Bonchev–Trinajstić information content (AvgIpc) is 3.53. The van der Waals surface area contributed by atoms with Crippen LogP contribution in [0.1, 0.15) is 54.1 Å². The monoisotopic (exact) mass is 586 g/mol. The fraction of sp³-hybridized carbons (Fsp3) is 0.394. The first-order chi connectivity index (χ1) is 20.7. The molecule has 1 amide bonds. The Balaban J connectivity index is 1.31. The molecule has 2 aromatic carbocycles. The lowest BCUT2D eigenvalue weighted by molar-refractivity contribution is 0.0754. The van der Waals surface area contributed by atoms with E-state index in [2.05, 4.69) is 33.5 Å². The molecule has 0 radical (unpaired) electrons. The number of hydrogen-bond acceptors (Lipinski definition) is 5. The van der Waals surface area contributed by atoms with Crippen molar-refractivity contribution in [2.75, 3.05) is 33.3 Å². The normalized spacial score (nSPS) is 16.9. The Morgan fingerprint density at radius 1 is 1.21 bits per heavy atom. The number of fused-ring (bicyclic) bond motifs is 2. The molecule has 0 aliphatic carbocycles. The Labute approximate surface area is 249 Å². The highest BCUT2D eigenvalue weighted by atomic mass is 19.1. The quantitative estimate of drug-likeness (QED) is 0.294. The van der Waals surface area contributed by atoms with Crippen molar-refractivity contribution in [3.8, 4) is 5.69 Å². The lowest BCUT2D eigenvalue weighted by Gasteiger charge is -2.32. The number of imidazole rings is 1. The van der Waals surface area contributed by atoms with Gasteiger partial charge in [0, 0.05) is 50.3 Å². The van der Waals surface area contributed by atoms with Gasteiger partial charge in [-0.1, -0.05) is 12.1 Å². The number of aliphatic hydroxyl groups excluding tert-OH is 1. The molecule has 1 atom stereocenters. The Hall–Kier alpha value is -4.15.